The molecule has 4 aromatic heterocycles. The van der Waals surface area contributed by atoms with Crippen LogP contribution in [0.15, 0.2) is 35.1 Å². The van der Waals surface area contributed by atoms with E-state index in [1.54, 1.807) is 18.2 Å². The van der Waals surface area contributed by atoms with E-state index in [-0.39, 0.29) is 11.8 Å². The van der Waals surface area contributed by atoms with Crippen molar-refractivity contribution in [3.05, 3.63) is 65.1 Å². The zero-order valence-electron chi connectivity index (χ0n) is 15.9. The van der Waals surface area contributed by atoms with Crippen LogP contribution in [0.1, 0.15) is 64.0 Å². The first-order chi connectivity index (χ1) is 14.2. The van der Waals surface area contributed by atoms with Crippen LogP contribution in [0.5, 0.6) is 0 Å². The number of hydrogen-bond donors (Lipinski definition) is 1. The molecule has 0 saturated heterocycles. The average Bonchev–Trinajstić information content (AvgIpc) is 3.12. The number of H-pyrrole nitrogens is 1. The highest BCUT2D eigenvalue weighted by molar-refractivity contribution is 5.90. The molecule has 1 amide bonds. The third-order valence-electron chi connectivity index (χ3n) is 5.75. The minimum absolute atomic E-state index is 0.00563. The molecular formula is C20H19N7O2. The van der Waals surface area contributed by atoms with Gasteiger partial charge in [0.05, 0.1) is 23.2 Å². The second kappa shape index (κ2) is 6.00. The van der Waals surface area contributed by atoms with Crippen molar-refractivity contribution in [3.63, 3.8) is 0 Å². The second-order valence-corrected chi connectivity index (χ2v) is 7.68. The zero-order valence-corrected chi connectivity index (χ0v) is 15.9. The Bertz CT molecular complexity index is 1230. The smallest absolute Gasteiger partial charge is 0.312 e. The van der Waals surface area contributed by atoms with E-state index >= 15 is 0 Å². The summed E-state index contributed by atoms with van der Waals surface area (Å²) in [5.41, 5.74) is 5.04. The number of imidazole rings is 1. The molecule has 29 heavy (non-hydrogen) atoms. The summed E-state index contributed by atoms with van der Waals surface area (Å²) in [5, 5.41) is 12.5. The lowest BCUT2D eigenvalue weighted by Crippen LogP contribution is -2.41. The summed E-state index contributed by atoms with van der Waals surface area (Å²) in [5.74, 6) is 0.663. The van der Waals surface area contributed by atoms with Gasteiger partial charge in [-0.05, 0) is 36.5 Å². The summed E-state index contributed by atoms with van der Waals surface area (Å²) < 4.78 is 7.31. The largest absolute Gasteiger partial charge is 0.417 e. The fourth-order valence-corrected chi connectivity index (χ4v) is 4.23. The van der Waals surface area contributed by atoms with Gasteiger partial charge < -0.3 is 14.3 Å². The highest BCUT2D eigenvalue weighted by atomic mass is 16.4. The average molecular weight is 389 g/mol. The van der Waals surface area contributed by atoms with Crippen LogP contribution in [0.4, 0.5) is 0 Å². The van der Waals surface area contributed by atoms with Crippen LogP contribution in [0.25, 0.3) is 5.52 Å². The van der Waals surface area contributed by atoms with Gasteiger partial charge in [-0.1, -0.05) is 6.07 Å². The first-order valence-electron chi connectivity index (χ1n) is 9.80. The third-order valence-corrected chi connectivity index (χ3v) is 5.75. The highest BCUT2D eigenvalue weighted by Crippen LogP contribution is 2.43. The molecule has 0 aromatic carbocycles. The molecule has 1 fully saturated rings. The Hall–Kier alpha value is -3.49. The lowest BCUT2D eigenvalue weighted by molar-refractivity contribution is 0.0644. The van der Waals surface area contributed by atoms with Crippen molar-refractivity contribution in [2.24, 2.45) is 0 Å². The van der Waals surface area contributed by atoms with Gasteiger partial charge in [0.1, 0.15) is 6.04 Å². The van der Waals surface area contributed by atoms with Crippen LogP contribution in [0, 0.1) is 6.92 Å². The third kappa shape index (κ3) is 2.57. The van der Waals surface area contributed by atoms with Crippen molar-refractivity contribution >= 4 is 11.4 Å². The molecular weight excluding hydrogens is 370 g/mol. The summed E-state index contributed by atoms with van der Waals surface area (Å²) in [4.78, 5) is 22.6. The molecule has 146 valence electrons. The van der Waals surface area contributed by atoms with Crippen molar-refractivity contribution in [1.82, 2.24) is 34.7 Å². The maximum absolute atomic E-state index is 13.2. The SMILES string of the molecule is Cc1nnc(C(=O)N2CCc3[nH]cnc3C2c2cc3c(C4CC4)cccn3n2)o1. The predicted octanol–water partition coefficient (Wildman–Crippen LogP) is 2.41. The molecule has 1 saturated carbocycles. The van der Waals surface area contributed by atoms with Crippen molar-refractivity contribution in [2.45, 2.75) is 38.1 Å². The van der Waals surface area contributed by atoms with E-state index in [0.29, 0.717) is 24.8 Å². The molecule has 9 nitrogen and oxygen atoms in total. The zero-order chi connectivity index (χ0) is 19.5. The highest BCUT2D eigenvalue weighted by Gasteiger charge is 2.38. The quantitative estimate of drug-likeness (QED) is 0.577. The van der Waals surface area contributed by atoms with Crippen LogP contribution < -0.4 is 0 Å². The second-order valence-electron chi connectivity index (χ2n) is 7.68. The van der Waals surface area contributed by atoms with E-state index in [9.17, 15) is 4.79 Å². The number of aromatic nitrogens is 6. The van der Waals surface area contributed by atoms with E-state index in [4.69, 9.17) is 9.52 Å². The maximum atomic E-state index is 13.2. The predicted molar refractivity (Wildman–Crippen MR) is 101 cm³/mol. The van der Waals surface area contributed by atoms with E-state index in [2.05, 4.69) is 32.3 Å². The molecule has 0 bridgehead atoms. The van der Waals surface area contributed by atoms with Crippen molar-refractivity contribution in [1.29, 1.82) is 0 Å². The minimum Gasteiger partial charge on any atom is -0.417 e. The summed E-state index contributed by atoms with van der Waals surface area (Å²) in [6.07, 6.45) is 6.74. The number of pyridine rings is 1. The Morgan fingerprint density at radius 1 is 1.31 bits per heavy atom. The normalized spacial score (nSPS) is 18.9. The van der Waals surface area contributed by atoms with Gasteiger partial charge >= 0.3 is 11.8 Å². The van der Waals surface area contributed by atoms with Gasteiger partial charge in [-0.3, -0.25) is 4.79 Å². The van der Waals surface area contributed by atoms with Crippen molar-refractivity contribution < 1.29 is 9.21 Å². The van der Waals surface area contributed by atoms with Crippen LogP contribution in [0.3, 0.4) is 0 Å². The van der Waals surface area contributed by atoms with Crippen molar-refractivity contribution in [3.8, 4) is 0 Å². The van der Waals surface area contributed by atoms with E-state index < -0.39 is 6.04 Å². The Labute approximate surface area is 165 Å². The molecule has 1 N–H and O–H groups in total. The molecule has 6 rings (SSSR count). The van der Waals surface area contributed by atoms with Crippen LogP contribution in [-0.2, 0) is 6.42 Å². The number of carbonyl (C=O) groups is 1. The summed E-state index contributed by atoms with van der Waals surface area (Å²) in [7, 11) is 0. The number of rotatable bonds is 3. The van der Waals surface area contributed by atoms with Gasteiger partial charge in [0.15, 0.2) is 0 Å². The standard InChI is InChI=1S/C20H19N7O2/c1-11-23-24-19(29-11)20(28)26-8-6-14-17(22-10-21-14)18(26)15-9-16-13(12-4-5-12)3-2-7-27(16)25-15/h2-3,7,9-10,12,18H,4-6,8H2,1H3,(H,21,22). The number of fused-ring (bicyclic) bond motifs is 2. The fraction of sp³-hybridized carbons (Fsp3) is 0.350. The molecule has 0 radical (unpaired) electrons. The van der Waals surface area contributed by atoms with E-state index in [0.717, 1.165) is 22.6 Å². The number of aromatic amines is 1. The maximum Gasteiger partial charge on any atom is 0.312 e. The topological polar surface area (TPSA) is 105 Å². The van der Waals surface area contributed by atoms with E-state index in [1.165, 1.54) is 18.4 Å². The molecule has 0 spiro atoms. The van der Waals surface area contributed by atoms with Gasteiger partial charge in [0, 0.05) is 31.8 Å². The fourth-order valence-electron chi connectivity index (χ4n) is 4.23. The first kappa shape index (κ1) is 16.5. The number of nitrogens with zero attached hydrogens (tertiary/aromatic N) is 6. The van der Waals surface area contributed by atoms with Gasteiger partial charge in [-0.25, -0.2) is 9.50 Å². The Morgan fingerprint density at radius 3 is 3.00 bits per heavy atom. The number of nitrogens with one attached hydrogen (secondary N) is 1. The van der Waals surface area contributed by atoms with E-state index in [1.807, 2.05) is 16.8 Å². The number of amides is 1. The lowest BCUT2D eigenvalue weighted by Gasteiger charge is -2.32. The number of hydrogen-bond acceptors (Lipinski definition) is 6. The molecule has 1 aliphatic carbocycles. The Balaban J connectivity index is 1.48. The van der Waals surface area contributed by atoms with Gasteiger partial charge in [0.2, 0.25) is 5.89 Å². The summed E-state index contributed by atoms with van der Waals surface area (Å²) >= 11 is 0. The Kier molecular flexibility index (Phi) is 3.41. The summed E-state index contributed by atoms with van der Waals surface area (Å²) in [6.45, 7) is 2.19. The molecule has 2 aliphatic rings. The Morgan fingerprint density at radius 2 is 2.21 bits per heavy atom. The summed E-state index contributed by atoms with van der Waals surface area (Å²) in [6, 6.07) is 5.88. The minimum atomic E-state index is -0.406. The van der Waals surface area contributed by atoms with Gasteiger partial charge in [0.25, 0.3) is 0 Å². The molecule has 1 unspecified atom stereocenters. The van der Waals surface area contributed by atoms with Crippen LogP contribution >= 0.6 is 0 Å². The van der Waals surface area contributed by atoms with Crippen LogP contribution in [-0.4, -0.2) is 47.1 Å². The van der Waals surface area contributed by atoms with Crippen LogP contribution in [0.2, 0.25) is 0 Å². The number of aryl methyl sites for hydroxylation is 1. The monoisotopic (exact) mass is 389 g/mol. The van der Waals surface area contributed by atoms with Gasteiger partial charge in [-0.15, -0.1) is 10.2 Å². The molecule has 4 aromatic rings. The van der Waals surface area contributed by atoms with Crippen molar-refractivity contribution in [2.75, 3.05) is 6.54 Å². The molecule has 9 heteroatoms. The molecule has 1 aliphatic heterocycles. The first-order valence-corrected chi connectivity index (χ1v) is 9.80. The number of carbonyl (C=O) groups excluding carboxylic acids is 1. The molecule has 5 heterocycles. The molecule has 1 atom stereocenters. The van der Waals surface area contributed by atoms with Gasteiger partial charge in [-0.2, -0.15) is 5.10 Å². The lowest BCUT2D eigenvalue weighted by atomic mass is 9.99.